The van der Waals surface area contributed by atoms with Crippen molar-refractivity contribution in [1.29, 1.82) is 0 Å². The molecule has 0 aliphatic carbocycles. The summed E-state index contributed by atoms with van der Waals surface area (Å²) in [5.74, 6) is 0.274. The number of carbonyl (C=O) groups excluding carboxylic acids is 1. The molecule has 26 heavy (non-hydrogen) atoms. The summed E-state index contributed by atoms with van der Waals surface area (Å²) >= 11 is 5.91. The van der Waals surface area contributed by atoms with Crippen molar-refractivity contribution in [2.75, 3.05) is 6.61 Å². The maximum Gasteiger partial charge on any atom is 0.251 e. The number of carbonyl (C=O) groups is 1. The summed E-state index contributed by atoms with van der Waals surface area (Å²) in [5, 5.41) is 23.9. The number of rotatable bonds is 5. The highest BCUT2D eigenvalue weighted by molar-refractivity contribution is 6.30. The lowest BCUT2D eigenvalue weighted by atomic mass is 10.0. The van der Waals surface area contributed by atoms with Crippen molar-refractivity contribution in [2.45, 2.75) is 19.9 Å². The molecule has 0 saturated heterocycles. The first-order valence-corrected chi connectivity index (χ1v) is 8.30. The lowest BCUT2D eigenvalue weighted by Gasteiger charge is -2.13. The van der Waals surface area contributed by atoms with Gasteiger partial charge >= 0.3 is 0 Å². The molecule has 134 valence electrons. The van der Waals surface area contributed by atoms with Gasteiger partial charge in [0.25, 0.3) is 5.91 Å². The molecule has 0 bridgehead atoms. The summed E-state index contributed by atoms with van der Waals surface area (Å²) in [5.41, 5.74) is 2.41. The van der Waals surface area contributed by atoms with E-state index in [1.165, 1.54) is 4.68 Å². The number of aliphatic hydroxyl groups excluding tert-OH is 1. The maximum atomic E-state index is 12.5. The third-order valence-corrected chi connectivity index (χ3v) is 3.95. The van der Waals surface area contributed by atoms with Crippen LogP contribution in [-0.4, -0.2) is 48.9 Å². The Bertz CT molecular complexity index is 925. The van der Waals surface area contributed by atoms with Crippen LogP contribution in [0.25, 0.3) is 16.9 Å². The Hall–Kier alpha value is -2.84. The molecule has 1 amide bonds. The number of aryl methyl sites for hydroxylation is 1. The molecule has 0 saturated carbocycles. The summed E-state index contributed by atoms with van der Waals surface area (Å²) in [6.45, 7) is 3.33. The van der Waals surface area contributed by atoms with E-state index < -0.39 is 0 Å². The molecule has 0 spiro atoms. The maximum absolute atomic E-state index is 12.5. The molecule has 0 fully saturated rings. The number of aliphatic hydroxyl groups is 1. The molecule has 2 N–H and O–H groups in total. The van der Waals surface area contributed by atoms with Gasteiger partial charge in [0.05, 0.1) is 23.0 Å². The quantitative estimate of drug-likeness (QED) is 0.707. The SMILES string of the molecule is Cc1nnnn1-c1cc(C(=O)N[C@@H](C)CO)cc(-c2ccc(Cl)cn2)c1. The minimum atomic E-state index is -0.363. The number of tetrazole rings is 1. The van der Waals surface area contributed by atoms with Crippen LogP contribution in [0.5, 0.6) is 0 Å². The molecule has 8 nitrogen and oxygen atoms in total. The van der Waals surface area contributed by atoms with Crippen LogP contribution in [0, 0.1) is 6.92 Å². The lowest BCUT2D eigenvalue weighted by Crippen LogP contribution is -2.35. The largest absolute Gasteiger partial charge is 0.394 e. The summed E-state index contributed by atoms with van der Waals surface area (Å²) in [4.78, 5) is 16.8. The normalized spacial score (nSPS) is 12.0. The third kappa shape index (κ3) is 3.87. The van der Waals surface area contributed by atoms with Crippen LogP contribution in [0.15, 0.2) is 36.5 Å². The minimum Gasteiger partial charge on any atom is -0.394 e. The van der Waals surface area contributed by atoms with Gasteiger partial charge in [-0.3, -0.25) is 9.78 Å². The van der Waals surface area contributed by atoms with Crippen molar-refractivity contribution in [3.8, 4) is 16.9 Å². The first-order valence-electron chi connectivity index (χ1n) is 7.92. The van der Waals surface area contributed by atoms with E-state index >= 15 is 0 Å². The molecule has 1 atom stereocenters. The van der Waals surface area contributed by atoms with E-state index in [9.17, 15) is 4.79 Å². The zero-order chi connectivity index (χ0) is 18.7. The zero-order valence-electron chi connectivity index (χ0n) is 14.2. The van der Waals surface area contributed by atoms with Gasteiger partial charge in [0.1, 0.15) is 0 Å². The number of nitrogens with one attached hydrogen (secondary N) is 1. The second-order valence-electron chi connectivity index (χ2n) is 5.83. The van der Waals surface area contributed by atoms with Crippen LogP contribution in [0.2, 0.25) is 5.02 Å². The van der Waals surface area contributed by atoms with Gasteiger partial charge in [-0.1, -0.05) is 11.6 Å². The van der Waals surface area contributed by atoms with E-state index in [-0.39, 0.29) is 18.6 Å². The zero-order valence-corrected chi connectivity index (χ0v) is 15.0. The summed E-state index contributed by atoms with van der Waals surface area (Å²) in [6, 6.07) is 8.38. The Morgan fingerprint density at radius 1 is 1.35 bits per heavy atom. The number of hydrogen-bond donors (Lipinski definition) is 2. The molecule has 1 aromatic carbocycles. The topological polar surface area (TPSA) is 106 Å². The number of nitrogens with zero attached hydrogens (tertiary/aromatic N) is 5. The highest BCUT2D eigenvalue weighted by atomic mass is 35.5. The molecule has 9 heteroatoms. The standard InChI is InChI=1S/C17H17ClN6O2/c1-10(9-25)20-17(26)13-5-12(16-4-3-14(18)8-19-16)6-15(7-13)24-11(2)21-22-23-24/h3-8,10,25H,9H2,1-2H3,(H,20,26)/t10-/m0/s1. The van der Waals surface area contributed by atoms with Gasteiger partial charge in [-0.2, -0.15) is 4.68 Å². The first kappa shape index (κ1) is 18.0. The Morgan fingerprint density at radius 3 is 2.77 bits per heavy atom. The van der Waals surface area contributed by atoms with Crippen molar-refractivity contribution in [3.63, 3.8) is 0 Å². The predicted octanol–water partition coefficient (Wildman–Crippen LogP) is 1.80. The lowest BCUT2D eigenvalue weighted by molar-refractivity contribution is 0.0922. The number of hydrogen-bond acceptors (Lipinski definition) is 6. The second kappa shape index (κ2) is 7.59. The molecule has 0 aliphatic heterocycles. The van der Waals surface area contributed by atoms with Gasteiger partial charge in [0.2, 0.25) is 0 Å². The molecular weight excluding hydrogens is 356 g/mol. The smallest absolute Gasteiger partial charge is 0.251 e. The van der Waals surface area contributed by atoms with Gasteiger partial charge in [0, 0.05) is 23.4 Å². The van der Waals surface area contributed by atoms with Gasteiger partial charge in [0.15, 0.2) is 5.82 Å². The Balaban J connectivity index is 2.09. The van der Waals surface area contributed by atoms with Crippen LogP contribution in [0.4, 0.5) is 0 Å². The number of halogens is 1. The Labute approximate surface area is 154 Å². The van der Waals surface area contributed by atoms with Gasteiger partial charge < -0.3 is 10.4 Å². The fourth-order valence-corrected chi connectivity index (χ4v) is 2.49. The molecule has 2 aromatic heterocycles. The predicted molar refractivity (Wildman–Crippen MR) is 96.1 cm³/mol. The third-order valence-electron chi connectivity index (χ3n) is 3.72. The van der Waals surface area contributed by atoms with Crippen molar-refractivity contribution < 1.29 is 9.90 Å². The molecule has 3 rings (SSSR count). The molecule has 2 heterocycles. The molecule has 0 radical (unpaired) electrons. The summed E-state index contributed by atoms with van der Waals surface area (Å²) in [6.07, 6.45) is 1.54. The van der Waals surface area contributed by atoms with Crippen LogP contribution in [-0.2, 0) is 0 Å². The van der Waals surface area contributed by atoms with Gasteiger partial charge in [-0.05, 0) is 54.6 Å². The number of pyridine rings is 1. The Kier molecular flexibility index (Phi) is 5.24. The van der Waals surface area contributed by atoms with E-state index in [1.54, 1.807) is 44.3 Å². The highest BCUT2D eigenvalue weighted by Gasteiger charge is 2.15. The molecule has 0 aliphatic rings. The van der Waals surface area contributed by atoms with Crippen molar-refractivity contribution >= 4 is 17.5 Å². The van der Waals surface area contributed by atoms with E-state index in [0.29, 0.717) is 27.8 Å². The van der Waals surface area contributed by atoms with E-state index in [2.05, 4.69) is 25.8 Å². The minimum absolute atomic E-state index is 0.150. The van der Waals surface area contributed by atoms with E-state index in [1.807, 2.05) is 6.07 Å². The molecular formula is C17H17ClN6O2. The van der Waals surface area contributed by atoms with Gasteiger partial charge in [-0.15, -0.1) is 5.10 Å². The molecule has 3 aromatic rings. The monoisotopic (exact) mass is 372 g/mol. The number of amides is 1. The van der Waals surface area contributed by atoms with Gasteiger partial charge in [-0.25, -0.2) is 0 Å². The van der Waals surface area contributed by atoms with Crippen LogP contribution in [0.3, 0.4) is 0 Å². The summed E-state index contributed by atoms with van der Waals surface area (Å²) in [7, 11) is 0. The average Bonchev–Trinajstić information content (AvgIpc) is 3.07. The van der Waals surface area contributed by atoms with Crippen LogP contribution in [0.1, 0.15) is 23.1 Å². The van der Waals surface area contributed by atoms with E-state index in [0.717, 1.165) is 5.56 Å². The van der Waals surface area contributed by atoms with Crippen LogP contribution >= 0.6 is 11.6 Å². The van der Waals surface area contributed by atoms with Crippen molar-refractivity contribution in [2.24, 2.45) is 0 Å². The fourth-order valence-electron chi connectivity index (χ4n) is 2.38. The van der Waals surface area contributed by atoms with Crippen LogP contribution < -0.4 is 5.32 Å². The Morgan fingerprint density at radius 2 is 2.15 bits per heavy atom. The molecule has 0 unspecified atom stereocenters. The fraction of sp³-hybridized carbons (Fsp3) is 0.235. The average molecular weight is 373 g/mol. The van der Waals surface area contributed by atoms with E-state index in [4.69, 9.17) is 16.7 Å². The number of benzene rings is 1. The second-order valence-corrected chi connectivity index (χ2v) is 6.26. The van der Waals surface area contributed by atoms with Crippen molar-refractivity contribution in [1.82, 2.24) is 30.5 Å². The summed E-state index contributed by atoms with van der Waals surface area (Å²) < 4.78 is 1.53. The highest BCUT2D eigenvalue weighted by Crippen LogP contribution is 2.24. The number of aromatic nitrogens is 5. The first-order chi connectivity index (χ1) is 12.5. The van der Waals surface area contributed by atoms with Crippen molar-refractivity contribution in [3.05, 3.63) is 52.9 Å².